The predicted octanol–water partition coefficient (Wildman–Crippen LogP) is 5.31. The molecule has 0 bridgehead atoms. The van der Waals surface area contributed by atoms with E-state index in [0.717, 1.165) is 53.9 Å². The summed E-state index contributed by atoms with van der Waals surface area (Å²) in [6.07, 6.45) is 6.28. The molecule has 2 aromatic heterocycles. The Labute approximate surface area is 169 Å². The molecule has 0 radical (unpaired) electrons. The zero-order valence-corrected chi connectivity index (χ0v) is 16.2. The van der Waals surface area contributed by atoms with Crippen LogP contribution in [0.5, 0.6) is 0 Å². The van der Waals surface area contributed by atoms with Crippen LogP contribution in [0.15, 0.2) is 73.1 Å². The summed E-state index contributed by atoms with van der Waals surface area (Å²) in [5.41, 5.74) is 4.29. The molecule has 4 aromatic rings. The number of aromatic nitrogens is 3. The normalized spacial score (nSPS) is 10.9. The maximum Gasteiger partial charge on any atom is 0.128 e. The first kappa shape index (κ1) is 18.4. The Balaban J connectivity index is 1.34. The first-order valence-electron chi connectivity index (χ1n) is 9.41. The van der Waals surface area contributed by atoms with E-state index in [1.807, 2.05) is 42.6 Å². The molecule has 0 spiro atoms. The molecular weight excluding hydrogens is 368 g/mol. The van der Waals surface area contributed by atoms with Crippen LogP contribution in [0, 0.1) is 0 Å². The molecule has 0 aliphatic rings. The zero-order chi connectivity index (χ0) is 19.2. The number of benzene rings is 2. The van der Waals surface area contributed by atoms with E-state index in [1.165, 1.54) is 5.56 Å². The van der Waals surface area contributed by atoms with Crippen molar-refractivity contribution in [3.05, 3.63) is 95.2 Å². The van der Waals surface area contributed by atoms with Crippen LogP contribution in [-0.2, 0) is 12.8 Å². The number of hydrogen-bond donors (Lipinski definition) is 1. The zero-order valence-electron chi connectivity index (χ0n) is 15.5. The van der Waals surface area contributed by atoms with Gasteiger partial charge in [0.15, 0.2) is 0 Å². The van der Waals surface area contributed by atoms with Gasteiger partial charge < -0.3 is 5.32 Å². The highest BCUT2D eigenvalue weighted by Gasteiger charge is 2.04. The molecule has 140 valence electrons. The number of hydrogen-bond acceptors (Lipinski definition) is 4. The van der Waals surface area contributed by atoms with Gasteiger partial charge in [0.2, 0.25) is 0 Å². The summed E-state index contributed by atoms with van der Waals surface area (Å²) < 4.78 is 0. The second kappa shape index (κ2) is 8.81. The molecule has 0 aliphatic carbocycles. The van der Waals surface area contributed by atoms with Crippen LogP contribution in [0.2, 0.25) is 5.02 Å². The minimum atomic E-state index is 0.699. The van der Waals surface area contributed by atoms with Gasteiger partial charge in [-0.1, -0.05) is 41.9 Å². The highest BCUT2D eigenvalue weighted by molar-refractivity contribution is 6.31. The summed E-state index contributed by atoms with van der Waals surface area (Å²) in [7, 11) is 0. The summed E-state index contributed by atoms with van der Waals surface area (Å²) in [5.74, 6) is 0.890. The van der Waals surface area contributed by atoms with Gasteiger partial charge in [0.25, 0.3) is 0 Å². The number of halogens is 1. The lowest BCUT2D eigenvalue weighted by Gasteiger charge is -2.09. The van der Waals surface area contributed by atoms with E-state index in [0.29, 0.717) is 5.02 Å². The first-order chi connectivity index (χ1) is 13.8. The van der Waals surface area contributed by atoms with Gasteiger partial charge >= 0.3 is 0 Å². The third-order valence-corrected chi connectivity index (χ3v) is 4.82. The smallest absolute Gasteiger partial charge is 0.128 e. The second-order valence-electron chi connectivity index (χ2n) is 6.68. The minimum Gasteiger partial charge on any atom is -0.384 e. The van der Waals surface area contributed by atoms with Gasteiger partial charge in [0, 0.05) is 53.6 Å². The number of rotatable bonds is 7. The van der Waals surface area contributed by atoms with Crippen molar-refractivity contribution in [2.75, 3.05) is 11.9 Å². The fourth-order valence-electron chi connectivity index (χ4n) is 3.21. The molecule has 4 nitrogen and oxygen atoms in total. The molecule has 0 amide bonds. The van der Waals surface area contributed by atoms with E-state index >= 15 is 0 Å². The Morgan fingerprint density at radius 3 is 2.64 bits per heavy atom. The van der Waals surface area contributed by atoms with Crippen LogP contribution >= 0.6 is 11.6 Å². The van der Waals surface area contributed by atoms with Crippen molar-refractivity contribution in [1.82, 2.24) is 15.0 Å². The Bertz CT molecular complexity index is 1070. The molecular formula is C23H21ClN4. The van der Waals surface area contributed by atoms with Crippen LogP contribution < -0.4 is 5.32 Å². The van der Waals surface area contributed by atoms with E-state index in [1.54, 1.807) is 6.20 Å². The highest BCUT2D eigenvalue weighted by atomic mass is 35.5. The fraction of sp³-hybridized carbons (Fsp3) is 0.174. The number of nitrogens with zero attached hydrogens (tertiary/aromatic N) is 3. The average Bonchev–Trinajstić information content (AvgIpc) is 2.72. The van der Waals surface area contributed by atoms with E-state index in [-0.39, 0.29) is 0 Å². The van der Waals surface area contributed by atoms with Gasteiger partial charge in [-0.15, -0.1) is 0 Å². The van der Waals surface area contributed by atoms with Crippen molar-refractivity contribution in [3.63, 3.8) is 0 Å². The largest absolute Gasteiger partial charge is 0.384 e. The molecule has 0 aliphatic heterocycles. The van der Waals surface area contributed by atoms with Gasteiger partial charge in [-0.2, -0.15) is 0 Å². The molecule has 28 heavy (non-hydrogen) atoms. The Kier molecular flexibility index (Phi) is 5.78. The molecule has 1 N–H and O–H groups in total. The Morgan fingerprint density at radius 1 is 0.893 bits per heavy atom. The van der Waals surface area contributed by atoms with E-state index in [9.17, 15) is 0 Å². The standard InChI is InChI=1S/C23H21ClN4/c24-18-8-9-20-21(11-14-26-22(20)16-18)25-12-4-7-23-27-13-10-19(28-23)15-17-5-2-1-3-6-17/h1-3,5-6,8-11,13-14,16H,4,7,12,15H2,(H,25,26). The molecule has 4 rings (SSSR count). The average molecular weight is 389 g/mol. The number of fused-ring (bicyclic) bond motifs is 1. The molecule has 0 atom stereocenters. The van der Waals surface area contributed by atoms with Gasteiger partial charge in [-0.3, -0.25) is 4.98 Å². The van der Waals surface area contributed by atoms with Crippen LogP contribution in [0.4, 0.5) is 5.69 Å². The maximum absolute atomic E-state index is 6.06. The quantitative estimate of drug-likeness (QED) is 0.435. The lowest BCUT2D eigenvalue weighted by Crippen LogP contribution is -2.06. The van der Waals surface area contributed by atoms with Gasteiger partial charge in [0.1, 0.15) is 5.82 Å². The van der Waals surface area contributed by atoms with Crippen molar-refractivity contribution < 1.29 is 0 Å². The van der Waals surface area contributed by atoms with Crippen molar-refractivity contribution >= 4 is 28.2 Å². The van der Waals surface area contributed by atoms with Gasteiger partial charge in [-0.05, 0) is 42.3 Å². The Morgan fingerprint density at radius 2 is 1.75 bits per heavy atom. The lowest BCUT2D eigenvalue weighted by atomic mass is 10.1. The summed E-state index contributed by atoms with van der Waals surface area (Å²) in [6.45, 7) is 0.841. The fourth-order valence-corrected chi connectivity index (χ4v) is 3.38. The second-order valence-corrected chi connectivity index (χ2v) is 7.11. The van der Waals surface area contributed by atoms with Gasteiger partial charge in [0.05, 0.1) is 5.52 Å². The molecule has 2 aromatic carbocycles. The maximum atomic E-state index is 6.06. The monoisotopic (exact) mass is 388 g/mol. The van der Waals surface area contributed by atoms with Gasteiger partial charge in [-0.25, -0.2) is 9.97 Å². The molecule has 2 heterocycles. The predicted molar refractivity (Wildman–Crippen MR) is 115 cm³/mol. The topological polar surface area (TPSA) is 50.7 Å². The minimum absolute atomic E-state index is 0.699. The summed E-state index contributed by atoms with van der Waals surface area (Å²) in [5, 5.41) is 5.27. The number of aryl methyl sites for hydroxylation is 1. The summed E-state index contributed by atoms with van der Waals surface area (Å²) in [6, 6.07) is 20.1. The van der Waals surface area contributed by atoms with Crippen molar-refractivity contribution in [2.24, 2.45) is 0 Å². The summed E-state index contributed by atoms with van der Waals surface area (Å²) >= 11 is 6.06. The van der Waals surface area contributed by atoms with Crippen LogP contribution in [0.3, 0.4) is 0 Å². The molecule has 5 heteroatoms. The molecule has 0 unspecified atom stereocenters. The summed E-state index contributed by atoms with van der Waals surface area (Å²) in [4.78, 5) is 13.5. The number of anilines is 1. The van der Waals surface area contributed by atoms with E-state index in [2.05, 4.69) is 39.6 Å². The Hall–Kier alpha value is -2.98. The van der Waals surface area contributed by atoms with E-state index in [4.69, 9.17) is 16.6 Å². The highest BCUT2D eigenvalue weighted by Crippen LogP contribution is 2.24. The molecule has 0 fully saturated rings. The lowest BCUT2D eigenvalue weighted by molar-refractivity contribution is 0.789. The third-order valence-electron chi connectivity index (χ3n) is 4.59. The molecule has 0 saturated heterocycles. The SMILES string of the molecule is Clc1ccc2c(NCCCc3nccc(Cc4ccccc4)n3)ccnc2c1. The van der Waals surface area contributed by atoms with Crippen molar-refractivity contribution in [1.29, 1.82) is 0 Å². The molecule has 0 saturated carbocycles. The first-order valence-corrected chi connectivity index (χ1v) is 9.78. The number of nitrogens with one attached hydrogen (secondary N) is 1. The van der Waals surface area contributed by atoms with Crippen molar-refractivity contribution in [2.45, 2.75) is 19.3 Å². The third kappa shape index (κ3) is 4.65. The van der Waals surface area contributed by atoms with E-state index < -0.39 is 0 Å². The van der Waals surface area contributed by atoms with Crippen molar-refractivity contribution in [3.8, 4) is 0 Å². The number of pyridine rings is 1. The van der Waals surface area contributed by atoms with Crippen LogP contribution in [0.1, 0.15) is 23.5 Å². The van der Waals surface area contributed by atoms with Crippen LogP contribution in [0.25, 0.3) is 10.9 Å². The van der Waals surface area contributed by atoms with Crippen LogP contribution in [-0.4, -0.2) is 21.5 Å².